The van der Waals surface area contributed by atoms with Gasteiger partial charge in [0, 0.05) is 11.8 Å². The van der Waals surface area contributed by atoms with Gasteiger partial charge in [0.05, 0.1) is 18.9 Å². The molecule has 0 radical (unpaired) electrons. The van der Waals surface area contributed by atoms with E-state index in [4.69, 9.17) is 26.8 Å². The summed E-state index contributed by atoms with van der Waals surface area (Å²) in [5.74, 6) is 0.223. The maximum Gasteiger partial charge on any atom is 0.417 e. The van der Waals surface area contributed by atoms with Crippen molar-refractivity contribution in [1.29, 1.82) is 0 Å². The van der Waals surface area contributed by atoms with Gasteiger partial charge in [0.15, 0.2) is 16.6 Å². The van der Waals surface area contributed by atoms with Crippen molar-refractivity contribution in [1.82, 2.24) is 10.4 Å². The van der Waals surface area contributed by atoms with Crippen LogP contribution in [0.4, 0.5) is 13.2 Å². The number of hydrogen-bond acceptors (Lipinski definition) is 5. The average Bonchev–Trinajstić information content (AvgIpc) is 2.56. The lowest BCUT2D eigenvalue weighted by atomic mass is 10.2. The van der Waals surface area contributed by atoms with Gasteiger partial charge in [-0.3, -0.25) is 5.43 Å². The van der Waals surface area contributed by atoms with Gasteiger partial charge in [-0.2, -0.15) is 18.3 Å². The Hall–Kier alpha value is -2.59. The van der Waals surface area contributed by atoms with Crippen molar-refractivity contribution in [3.8, 4) is 17.4 Å². The van der Waals surface area contributed by atoms with Gasteiger partial charge >= 0.3 is 6.18 Å². The van der Waals surface area contributed by atoms with E-state index in [1.54, 1.807) is 18.2 Å². The predicted octanol–water partition coefficient (Wildman–Crippen LogP) is 3.72. The Labute approximate surface area is 156 Å². The van der Waals surface area contributed by atoms with Gasteiger partial charge in [-0.15, -0.1) is 0 Å². The van der Waals surface area contributed by atoms with E-state index in [2.05, 4.69) is 27.7 Å². The van der Waals surface area contributed by atoms with Crippen LogP contribution in [0.1, 0.15) is 11.1 Å². The molecule has 0 aliphatic rings. The number of nitrogens with two attached hydrogens (primary N) is 1. The second-order valence-corrected chi connectivity index (χ2v) is 5.57. The molecule has 11 heteroatoms. The molecular weight excluding hydrogens is 393 g/mol. The molecule has 2 aromatic rings. The lowest BCUT2D eigenvalue weighted by Crippen LogP contribution is -2.24. The van der Waals surface area contributed by atoms with Crippen molar-refractivity contribution in [2.45, 2.75) is 6.18 Å². The fourth-order valence-corrected chi connectivity index (χ4v) is 2.08. The van der Waals surface area contributed by atoms with Gasteiger partial charge in [0.2, 0.25) is 5.88 Å². The number of hydrazone groups is 1. The zero-order valence-corrected chi connectivity index (χ0v) is 14.7. The molecule has 0 saturated carbocycles. The van der Waals surface area contributed by atoms with Crippen molar-refractivity contribution in [3.05, 3.63) is 46.6 Å². The number of thiocarbonyl (C=S) groups is 1. The van der Waals surface area contributed by atoms with E-state index in [0.29, 0.717) is 17.5 Å². The van der Waals surface area contributed by atoms with Crippen LogP contribution in [0.15, 0.2) is 35.6 Å². The van der Waals surface area contributed by atoms with Crippen LogP contribution < -0.4 is 20.6 Å². The molecule has 1 aromatic heterocycles. The largest absolute Gasteiger partial charge is 0.493 e. The van der Waals surface area contributed by atoms with Crippen molar-refractivity contribution in [2.24, 2.45) is 10.8 Å². The zero-order valence-electron chi connectivity index (χ0n) is 13.2. The number of para-hydroxylation sites is 1. The van der Waals surface area contributed by atoms with E-state index in [0.717, 1.165) is 6.07 Å². The maximum absolute atomic E-state index is 12.7. The van der Waals surface area contributed by atoms with E-state index < -0.39 is 11.7 Å². The molecule has 138 valence electrons. The predicted molar refractivity (Wildman–Crippen MR) is 94.8 cm³/mol. The van der Waals surface area contributed by atoms with Crippen LogP contribution in [0.2, 0.25) is 5.02 Å². The summed E-state index contributed by atoms with van der Waals surface area (Å²) in [5, 5.41) is 3.46. The van der Waals surface area contributed by atoms with Crippen molar-refractivity contribution < 1.29 is 22.6 Å². The number of aromatic nitrogens is 1. The number of rotatable bonds is 5. The molecule has 26 heavy (non-hydrogen) atoms. The number of halogens is 4. The van der Waals surface area contributed by atoms with Gasteiger partial charge in [-0.05, 0) is 30.4 Å². The minimum atomic E-state index is -4.57. The smallest absolute Gasteiger partial charge is 0.417 e. The summed E-state index contributed by atoms with van der Waals surface area (Å²) in [6, 6.07) is 5.60. The highest BCUT2D eigenvalue weighted by atomic mass is 35.5. The molecule has 1 aromatic carbocycles. The van der Waals surface area contributed by atoms with Crippen LogP contribution in [0.3, 0.4) is 0 Å². The number of ether oxygens (including phenoxy) is 2. The Bertz CT molecular complexity index is 846. The van der Waals surface area contributed by atoms with Gasteiger partial charge in [-0.1, -0.05) is 17.7 Å². The molecule has 0 fully saturated rings. The highest BCUT2D eigenvalue weighted by molar-refractivity contribution is 7.80. The Morgan fingerprint density at radius 3 is 2.73 bits per heavy atom. The minimum absolute atomic E-state index is 0.0425. The van der Waals surface area contributed by atoms with Gasteiger partial charge in [0.25, 0.3) is 0 Å². The molecule has 0 bridgehead atoms. The number of hydrogen-bond donors (Lipinski definition) is 2. The Kier molecular flexibility index (Phi) is 6.22. The number of nitrogens with zero attached hydrogens (tertiary/aromatic N) is 2. The number of pyridine rings is 1. The summed E-state index contributed by atoms with van der Waals surface area (Å²) >= 11 is 10.5. The second-order valence-electron chi connectivity index (χ2n) is 4.72. The van der Waals surface area contributed by atoms with Crippen LogP contribution >= 0.6 is 23.8 Å². The summed E-state index contributed by atoms with van der Waals surface area (Å²) in [5.41, 5.74) is 7.08. The summed E-state index contributed by atoms with van der Waals surface area (Å²) in [6.45, 7) is 0. The zero-order chi connectivity index (χ0) is 19.3. The molecule has 2 rings (SSSR count). The van der Waals surface area contributed by atoms with Crippen LogP contribution in [-0.2, 0) is 6.18 Å². The number of methoxy groups -OCH3 is 1. The first-order chi connectivity index (χ1) is 12.2. The van der Waals surface area contributed by atoms with Crippen LogP contribution in [-0.4, -0.2) is 23.4 Å². The molecular formula is C15H12ClF3N4O2S. The fraction of sp³-hybridized carbons (Fsp3) is 0.133. The summed E-state index contributed by atoms with van der Waals surface area (Å²) < 4.78 is 48.9. The number of alkyl halides is 3. The molecule has 0 spiro atoms. The second kappa shape index (κ2) is 8.19. The molecule has 0 amide bonds. The molecule has 0 unspecified atom stereocenters. The normalized spacial score (nSPS) is 11.4. The summed E-state index contributed by atoms with van der Waals surface area (Å²) in [6.07, 6.45) is -2.60. The maximum atomic E-state index is 12.7. The summed E-state index contributed by atoms with van der Waals surface area (Å²) in [4.78, 5) is 3.63. The van der Waals surface area contributed by atoms with Crippen molar-refractivity contribution >= 4 is 35.1 Å². The Morgan fingerprint density at radius 2 is 2.15 bits per heavy atom. The van der Waals surface area contributed by atoms with E-state index in [-0.39, 0.29) is 21.8 Å². The lowest BCUT2D eigenvalue weighted by Gasteiger charge is -2.14. The third-order valence-corrected chi connectivity index (χ3v) is 3.30. The highest BCUT2D eigenvalue weighted by Crippen LogP contribution is 2.38. The topological polar surface area (TPSA) is 81.8 Å². The molecule has 0 saturated heterocycles. The van der Waals surface area contributed by atoms with Crippen molar-refractivity contribution in [3.63, 3.8) is 0 Å². The first-order valence-corrected chi connectivity index (χ1v) is 7.67. The molecule has 6 nitrogen and oxygen atoms in total. The molecule has 0 atom stereocenters. The molecule has 0 aliphatic heterocycles. The van der Waals surface area contributed by atoms with E-state index in [9.17, 15) is 13.2 Å². The quantitative estimate of drug-likeness (QED) is 0.449. The Morgan fingerprint density at radius 1 is 1.42 bits per heavy atom. The minimum Gasteiger partial charge on any atom is -0.493 e. The first kappa shape index (κ1) is 19.7. The number of nitrogens with one attached hydrogen (secondary N) is 1. The molecule has 0 aliphatic carbocycles. The van der Waals surface area contributed by atoms with Crippen molar-refractivity contribution in [2.75, 3.05) is 7.11 Å². The third-order valence-electron chi connectivity index (χ3n) is 2.94. The van der Waals surface area contributed by atoms with Crippen LogP contribution in [0, 0.1) is 0 Å². The average molecular weight is 405 g/mol. The van der Waals surface area contributed by atoms with E-state index in [1.807, 2.05) is 0 Å². The van der Waals surface area contributed by atoms with Crippen LogP contribution in [0.25, 0.3) is 0 Å². The standard InChI is InChI=1S/C15H12ClF3N4O2S/c1-24-11-4-2-3-8(6-22-23-14(20)26)12(11)25-13-10(16)5-9(7-21-13)15(17,18)19/h2-7H,1H3,(H3,20,23,26). The van der Waals surface area contributed by atoms with Gasteiger partial charge < -0.3 is 15.2 Å². The lowest BCUT2D eigenvalue weighted by molar-refractivity contribution is -0.137. The number of benzene rings is 1. The third kappa shape index (κ3) is 4.96. The Balaban J connectivity index is 2.39. The van der Waals surface area contributed by atoms with Gasteiger partial charge in [-0.25, -0.2) is 4.98 Å². The van der Waals surface area contributed by atoms with E-state index >= 15 is 0 Å². The first-order valence-electron chi connectivity index (χ1n) is 6.88. The fourth-order valence-electron chi connectivity index (χ4n) is 1.82. The highest BCUT2D eigenvalue weighted by Gasteiger charge is 2.32. The molecule has 3 N–H and O–H groups in total. The monoisotopic (exact) mass is 404 g/mol. The van der Waals surface area contributed by atoms with Crippen LogP contribution in [0.5, 0.6) is 17.4 Å². The summed E-state index contributed by atoms with van der Waals surface area (Å²) in [7, 11) is 1.40. The SMILES string of the molecule is COc1cccc(C=NNC(N)=S)c1Oc1ncc(C(F)(F)F)cc1Cl. The molecule has 1 heterocycles. The van der Waals surface area contributed by atoms with E-state index in [1.165, 1.54) is 13.3 Å². The van der Waals surface area contributed by atoms with Gasteiger partial charge in [0.1, 0.15) is 5.02 Å².